The van der Waals surface area contributed by atoms with Crippen molar-refractivity contribution in [3.8, 4) is 0 Å². The van der Waals surface area contributed by atoms with Crippen molar-refractivity contribution in [3.63, 3.8) is 0 Å². The first-order valence-electron chi connectivity index (χ1n) is 3.68. The van der Waals surface area contributed by atoms with E-state index in [9.17, 15) is 0 Å². The van der Waals surface area contributed by atoms with Crippen molar-refractivity contribution in [3.05, 3.63) is 33.8 Å². The van der Waals surface area contributed by atoms with Crippen LogP contribution in [0.25, 0.3) is 0 Å². The summed E-state index contributed by atoms with van der Waals surface area (Å²) < 4.78 is 0. The van der Waals surface area contributed by atoms with Gasteiger partial charge in [-0.25, -0.2) is 0 Å². The van der Waals surface area contributed by atoms with Gasteiger partial charge < -0.3 is 4.90 Å². The molecule has 1 aromatic carbocycles. The van der Waals surface area contributed by atoms with Gasteiger partial charge in [-0.1, -0.05) is 23.2 Å². The summed E-state index contributed by atoms with van der Waals surface area (Å²) in [5.41, 5.74) is 1.06. The zero-order valence-electron chi connectivity index (χ0n) is 7.14. The van der Waals surface area contributed by atoms with Gasteiger partial charge in [-0.05, 0) is 37.9 Å². The fraction of sp³-hybridized carbons (Fsp3) is 0.333. The molecule has 66 valence electrons. The van der Waals surface area contributed by atoms with Crippen molar-refractivity contribution in [2.75, 3.05) is 14.1 Å². The van der Waals surface area contributed by atoms with E-state index in [1.165, 1.54) is 0 Å². The highest BCUT2D eigenvalue weighted by atomic mass is 35.5. The Morgan fingerprint density at radius 3 is 2.50 bits per heavy atom. The largest absolute Gasteiger partial charge is 0.305 e. The molecule has 0 aliphatic rings. The van der Waals surface area contributed by atoms with Crippen LogP contribution in [-0.4, -0.2) is 19.0 Å². The van der Waals surface area contributed by atoms with Crippen LogP contribution in [0.5, 0.6) is 0 Å². The lowest BCUT2D eigenvalue weighted by molar-refractivity contribution is 0.402. The zero-order chi connectivity index (χ0) is 9.14. The second-order valence-corrected chi connectivity index (χ2v) is 3.82. The van der Waals surface area contributed by atoms with Crippen LogP contribution in [0.3, 0.4) is 0 Å². The fourth-order valence-electron chi connectivity index (χ4n) is 1.01. The van der Waals surface area contributed by atoms with Crippen LogP contribution in [0.15, 0.2) is 18.2 Å². The molecule has 0 spiro atoms. The number of halogens is 2. The summed E-state index contributed by atoms with van der Waals surface area (Å²) in [6.07, 6.45) is 0. The van der Waals surface area contributed by atoms with E-state index in [1.54, 1.807) is 6.07 Å². The minimum absolute atomic E-state index is 0.733. The standard InChI is InChI=1S/C9H11Cl2N/c1-12(2)6-7-5-8(10)3-4-9(7)11/h3-5H,6H2,1-2H3. The van der Waals surface area contributed by atoms with E-state index in [-0.39, 0.29) is 0 Å². The molecule has 0 aliphatic heterocycles. The topological polar surface area (TPSA) is 3.24 Å². The van der Waals surface area contributed by atoms with Crippen LogP contribution in [0.4, 0.5) is 0 Å². The van der Waals surface area contributed by atoms with Gasteiger partial charge in [0.1, 0.15) is 0 Å². The minimum atomic E-state index is 0.733. The van der Waals surface area contributed by atoms with E-state index in [1.807, 2.05) is 26.2 Å². The summed E-state index contributed by atoms with van der Waals surface area (Å²) in [6, 6.07) is 5.51. The molecule has 0 unspecified atom stereocenters. The van der Waals surface area contributed by atoms with Crippen LogP contribution in [-0.2, 0) is 6.54 Å². The average molecular weight is 204 g/mol. The lowest BCUT2D eigenvalue weighted by Gasteiger charge is -2.10. The first kappa shape index (κ1) is 9.85. The molecule has 0 N–H and O–H groups in total. The highest BCUT2D eigenvalue weighted by Gasteiger charge is 2.01. The highest BCUT2D eigenvalue weighted by Crippen LogP contribution is 2.21. The van der Waals surface area contributed by atoms with Gasteiger partial charge in [-0.3, -0.25) is 0 Å². The lowest BCUT2D eigenvalue weighted by Crippen LogP contribution is -2.10. The van der Waals surface area contributed by atoms with Gasteiger partial charge >= 0.3 is 0 Å². The normalized spacial score (nSPS) is 10.8. The molecule has 0 saturated carbocycles. The fourth-order valence-corrected chi connectivity index (χ4v) is 1.38. The SMILES string of the molecule is CN(C)Cc1cc(Cl)ccc1Cl. The van der Waals surface area contributed by atoms with Crippen molar-refractivity contribution in [1.82, 2.24) is 4.90 Å². The Balaban J connectivity index is 2.90. The molecule has 3 heteroatoms. The monoisotopic (exact) mass is 203 g/mol. The first-order chi connectivity index (χ1) is 5.59. The van der Waals surface area contributed by atoms with E-state index in [0.29, 0.717) is 0 Å². The van der Waals surface area contributed by atoms with Crippen molar-refractivity contribution in [2.45, 2.75) is 6.54 Å². The van der Waals surface area contributed by atoms with Gasteiger partial charge in [-0.2, -0.15) is 0 Å². The van der Waals surface area contributed by atoms with Gasteiger partial charge in [0.05, 0.1) is 0 Å². The number of hydrogen-bond donors (Lipinski definition) is 0. The third-order valence-corrected chi connectivity index (χ3v) is 2.10. The Morgan fingerprint density at radius 1 is 1.25 bits per heavy atom. The van der Waals surface area contributed by atoms with E-state index >= 15 is 0 Å². The van der Waals surface area contributed by atoms with Crippen LogP contribution >= 0.6 is 23.2 Å². The summed E-state index contributed by atoms with van der Waals surface area (Å²) >= 11 is 11.8. The molecule has 1 aromatic rings. The molecule has 0 radical (unpaired) electrons. The Kier molecular flexibility index (Phi) is 3.39. The molecule has 1 nitrogen and oxygen atoms in total. The van der Waals surface area contributed by atoms with Gasteiger partial charge in [0.2, 0.25) is 0 Å². The lowest BCUT2D eigenvalue weighted by atomic mass is 10.2. The zero-order valence-corrected chi connectivity index (χ0v) is 8.65. The maximum absolute atomic E-state index is 5.95. The van der Waals surface area contributed by atoms with Gasteiger partial charge in [-0.15, -0.1) is 0 Å². The molecule has 0 heterocycles. The summed E-state index contributed by atoms with van der Waals surface area (Å²) in [6.45, 7) is 0.819. The molecule has 0 bridgehead atoms. The molecule has 1 rings (SSSR count). The molecule has 0 saturated heterocycles. The van der Waals surface area contributed by atoms with Crippen LogP contribution < -0.4 is 0 Å². The molecule has 0 fully saturated rings. The Morgan fingerprint density at radius 2 is 1.92 bits per heavy atom. The Labute approximate surface area is 82.9 Å². The Bertz CT molecular complexity index is 271. The predicted molar refractivity (Wildman–Crippen MR) is 53.9 cm³/mol. The molecule has 0 atom stereocenters. The van der Waals surface area contributed by atoms with Crippen molar-refractivity contribution in [2.24, 2.45) is 0 Å². The maximum atomic E-state index is 5.95. The quantitative estimate of drug-likeness (QED) is 0.715. The third-order valence-electron chi connectivity index (χ3n) is 1.49. The summed E-state index contributed by atoms with van der Waals surface area (Å²) in [7, 11) is 3.99. The van der Waals surface area contributed by atoms with E-state index in [4.69, 9.17) is 23.2 Å². The van der Waals surface area contributed by atoms with Crippen molar-refractivity contribution < 1.29 is 0 Å². The van der Waals surface area contributed by atoms with Crippen LogP contribution in [0.1, 0.15) is 5.56 Å². The highest BCUT2D eigenvalue weighted by molar-refractivity contribution is 6.33. The van der Waals surface area contributed by atoms with Gasteiger partial charge in [0.25, 0.3) is 0 Å². The average Bonchev–Trinajstić information content (AvgIpc) is 1.96. The molecule has 0 aliphatic carbocycles. The second-order valence-electron chi connectivity index (χ2n) is 2.97. The predicted octanol–water partition coefficient (Wildman–Crippen LogP) is 3.06. The summed E-state index contributed by atoms with van der Waals surface area (Å²) in [5.74, 6) is 0. The first-order valence-corrected chi connectivity index (χ1v) is 4.44. The van der Waals surface area contributed by atoms with Crippen LogP contribution in [0.2, 0.25) is 10.0 Å². The molecule has 0 aromatic heterocycles. The number of hydrogen-bond acceptors (Lipinski definition) is 1. The molecule has 12 heavy (non-hydrogen) atoms. The number of nitrogens with zero attached hydrogens (tertiary/aromatic N) is 1. The molecular formula is C9H11Cl2N. The maximum Gasteiger partial charge on any atom is 0.0452 e. The van der Waals surface area contributed by atoms with Gasteiger partial charge in [0.15, 0.2) is 0 Å². The number of rotatable bonds is 2. The van der Waals surface area contributed by atoms with E-state index in [0.717, 1.165) is 22.2 Å². The second kappa shape index (κ2) is 4.13. The van der Waals surface area contributed by atoms with E-state index < -0.39 is 0 Å². The summed E-state index contributed by atoms with van der Waals surface area (Å²) in [4.78, 5) is 2.05. The molecule has 0 amide bonds. The summed E-state index contributed by atoms with van der Waals surface area (Å²) in [5, 5.41) is 1.50. The Hall–Kier alpha value is -0.240. The number of benzene rings is 1. The van der Waals surface area contributed by atoms with E-state index in [2.05, 4.69) is 4.90 Å². The minimum Gasteiger partial charge on any atom is -0.305 e. The van der Waals surface area contributed by atoms with Crippen LogP contribution in [0, 0.1) is 0 Å². The smallest absolute Gasteiger partial charge is 0.0452 e. The van der Waals surface area contributed by atoms with Crippen molar-refractivity contribution in [1.29, 1.82) is 0 Å². The molecular weight excluding hydrogens is 193 g/mol. The van der Waals surface area contributed by atoms with Gasteiger partial charge in [0, 0.05) is 16.6 Å². The van der Waals surface area contributed by atoms with Crippen molar-refractivity contribution >= 4 is 23.2 Å². The third kappa shape index (κ3) is 2.67.